The van der Waals surface area contributed by atoms with Gasteiger partial charge in [-0.15, -0.1) is 0 Å². The summed E-state index contributed by atoms with van der Waals surface area (Å²) in [6, 6.07) is 0. The molecular formula is C14H25N3O2. The third-order valence-corrected chi connectivity index (χ3v) is 4.77. The van der Waals surface area contributed by atoms with Crippen LogP contribution < -0.4 is 5.32 Å². The number of carbonyl (C=O) groups is 1. The lowest BCUT2D eigenvalue weighted by molar-refractivity contribution is -0.132. The first-order chi connectivity index (χ1) is 9.30. The third-order valence-electron chi connectivity index (χ3n) is 4.77. The maximum Gasteiger partial charge on any atom is 0.243 e. The molecule has 0 radical (unpaired) electrons. The minimum Gasteiger partial charge on any atom is -0.379 e. The minimum absolute atomic E-state index is 0.182. The van der Waals surface area contributed by atoms with Crippen LogP contribution in [0.1, 0.15) is 32.1 Å². The van der Waals surface area contributed by atoms with Gasteiger partial charge in [-0.25, -0.2) is 0 Å². The largest absolute Gasteiger partial charge is 0.379 e. The van der Waals surface area contributed by atoms with Crippen LogP contribution in [0.2, 0.25) is 0 Å². The number of rotatable bonds is 4. The first kappa shape index (κ1) is 13.3. The van der Waals surface area contributed by atoms with Gasteiger partial charge in [0.15, 0.2) is 0 Å². The molecule has 3 fully saturated rings. The fourth-order valence-corrected chi connectivity index (χ4v) is 3.56. The van der Waals surface area contributed by atoms with Crippen LogP contribution >= 0.6 is 0 Å². The zero-order chi connectivity index (χ0) is 13.1. The molecule has 0 atom stereocenters. The summed E-state index contributed by atoms with van der Waals surface area (Å²) in [6.45, 7) is 6.51. The molecule has 19 heavy (non-hydrogen) atoms. The molecule has 1 amide bonds. The van der Waals surface area contributed by atoms with Crippen molar-refractivity contribution < 1.29 is 9.53 Å². The van der Waals surface area contributed by atoms with Crippen molar-refractivity contribution in [1.29, 1.82) is 0 Å². The monoisotopic (exact) mass is 267 g/mol. The lowest BCUT2D eigenvalue weighted by atomic mass is 9.98. The maximum absolute atomic E-state index is 12.4. The first-order valence-corrected chi connectivity index (χ1v) is 7.65. The second kappa shape index (κ2) is 5.77. The molecule has 2 aliphatic heterocycles. The number of nitrogens with zero attached hydrogens (tertiary/aromatic N) is 2. The number of ether oxygens (including phenoxy) is 1. The van der Waals surface area contributed by atoms with Crippen molar-refractivity contribution in [1.82, 2.24) is 15.1 Å². The highest BCUT2D eigenvalue weighted by Gasteiger charge is 2.47. The molecule has 1 saturated carbocycles. The van der Waals surface area contributed by atoms with E-state index < -0.39 is 0 Å². The molecule has 0 aromatic carbocycles. The van der Waals surface area contributed by atoms with Gasteiger partial charge >= 0.3 is 0 Å². The Morgan fingerprint density at radius 1 is 1.16 bits per heavy atom. The fraction of sp³-hybridized carbons (Fsp3) is 0.929. The van der Waals surface area contributed by atoms with Crippen LogP contribution in [0.25, 0.3) is 0 Å². The summed E-state index contributed by atoms with van der Waals surface area (Å²) in [7, 11) is 0. The summed E-state index contributed by atoms with van der Waals surface area (Å²) >= 11 is 0. The summed E-state index contributed by atoms with van der Waals surface area (Å²) in [6.07, 6.45) is 5.53. The van der Waals surface area contributed by atoms with Crippen LogP contribution in [0, 0.1) is 0 Å². The lowest BCUT2D eigenvalue weighted by Crippen LogP contribution is -2.44. The molecule has 5 nitrogen and oxygen atoms in total. The Bertz CT molecular complexity index is 323. The Kier molecular flexibility index (Phi) is 4.05. The van der Waals surface area contributed by atoms with Crippen molar-refractivity contribution in [2.45, 2.75) is 37.6 Å². The highest BCUT2D eigenvalue weighted by Crippen LogP contribution is 2.34. The van der Waals surface area contributed by atoms with Gasteiger partial charge in [0.2, 0.25) is 5.91 Å². The third kappa shape index (κ3) is 2.78. The van der Waals surface area contributed by atoms with E-state index in [0.717, 1.165) is 65.3 Å². The molecule has 0 bridgehead atoms. The highest BCUT2D eigenvalue weighted by atomic mass is 16.5. The average molecular weight is 267 g/mol. The fourth-order valence-electron chi connectivity index (χ4n) is 3.56. The molecule has 0 unspecified atom stereocenters. The number of carbonyl (C=O) groups excluding carboxylic acids is 1. The molecule has 1 spiro atoms. The van der Waals surface area contributed by atoms with Crippen molar-refractivity contribution in [3.05, 3.63) is 0 Å². The smallest absolute Gasteiger partial charge is 0.243 e. The summed E-state index contributed by atoms with van der Waals surface area (Å²) in [5.74, 6) is 0.354. The molecule has 0 aromatic heterocycles. The Morgan fingerprint density at radius 2 is 1.89 bits per heavy atom. The molecule has 2 saturated heterocycles. The van der Waals surface area contributed by atoms with Crippen LogP contribution in [0.5, 0.6) is 0 Å². The Balaban J connectivity index is 1.42. The highest BCUT2D eigenvalue weighted by molar-refractivity contribution is 5.88. The summed E-state index contributed by atoms with van der Waals surface area (Å²) < 4.78 is 5.34. The van der Waals surface area contributed by atoms with Gasteiger partial charge in [0.25, 0.3) is 0 Å². The van der Waals surface area contributed by atoms with E-state index in [1.54, 1.807) is 0 Å². The van der Waals surface area contributed by atoms with E-state index in [1.807, 2.05) is 4.90 Å². The maximum atomic E-state index is 12.4. The molecule has 5 heteroatoms. The van der Waals surface area contributed by atoms with Crippen LogP contribution in [-0.4, -0.2) is 67.3 Å². The molecule has 3 aliphatic rings. The van der Waals surface area contributed by atoms with Crippen molar-refractivity contribution >= 4 is 5.91 Å². The number of hydrogen-bond acceptors (Lipinski definition) is 4. The second-order valence-corrected chi connectivity index (χ2v) is 6.00. The van der Waals surface area contributed by atoms with Gasteiger partial charge in [-0.3, -0.25) is 15.0 Å². The van der Waals surface area contributed by atoms with E-state index in [-0.39, 0.29) is 5.54 Å². The van der Waals surface area contributed by atoms with Gasteiger partial charge in [0.1, 0.15) is 0 Å². The van der Waals surface area contributed by atoms with E-state index in [1.165, 1.54) is 12.8 Å². The number of amides is 1. The van der Waals surface area contributed by atoms with Gasteiger partial charge in [-0.1, -0.05) is 12.8 Å². The molecular weight excluding hydrogens is 242 g/mol. The van der Waals surface area contributed by atoms with Gasteiger partial charge in [0.05, 0.1) is 25.4 Å². The van der Waals surface area contributed by atoms with E-state index in [0.29, 0.717) is 5.91 Å². The van der Waals surface area contributed by atoms with Gasteiger partial charge in [0, 0.05) is 26.2 Å². The van der Waals surface area contributed by atoms with Crippen molar-refractivity contribution in [3.63, 3.8) is 0 Å². The standard InChI is InChI=1S/C14H25N3O2/c18-13-14(4-1-2-5-14)15-12-17(13)7-3-6-16-8-10-19-11-9-16/h15H,1-12H2. The molecule has 1 aliphatic carbocycles. The van der Waals surface area contributed by atoms with Crippen molar-refractivity contribution in [2.75, 3.05) is 46.1 Å². The number of morpholine rings is 1. The number of hydrogen-bond donors (Lipinski definition) is 1. The molecule has 1 N–H and O–H groups in total. The quantitative estimate of drug-likeness (QED) is 0.801. The Labute approximate surface area is 115 Å². The van der Waals surface area contributed by atoms with Gasteiger partial charge in [-0.2, -0.15) is 0 Å². The van der Waals surface area contributed by atoms with Crippen molar-refractivity contribution in [2.24, 2.45) is 0 Å². The Hall–Kier alpha value is -0.650. The van der Waals surface area contributed by atoms with E-state index in [2.05, 4.69) is 10.2 Å². The predicted molar refractivity (Wildman–Crippen MR) is 72.8 cm³/mol. The van der Waals surface area contributed by atoms with Crippen LogP contribution in [0.3, 0.4) is 0 Å². The van der Waals surface area contributed by atoms with Crippen LogP contribution in [0.15, 0.2) is 0 Å². The topological polar surface area (TPSA) is 44.8 Å². The van der Waals surface area contributed by atoms with Gasteiger partial charge < -0.3 is 9.64 Å². The van der Waals surface area contributed by atoms with Crippen LogP contribution in [0.4, 0.5) is 0 Å². The summed E-state index contributed by atoms with van der Waals surface area (Å²) in [5.41, 5.74) is -0.182. The number of nitrogens with one attached hydrogen (secondary N) is 1. The SMILES string of the molecule is O=C1N(CCCN2CCOCC2)CNC12CCCC2. The first-order valence-electron chi connectivity index (χ1n) is 7.65. The molecule has 3 rings (SSSR count). The molecule has 0 aromatic rings. The van der Waals surface area contributed by atoms with E-state index in [4.69, 9.17) is 4.74 Å². The predicted octanol–water partition coefficient (Wildman–Crippen LogP) is 0.411. The van der Waals surface area contributed by atoms with Crippen molar-refractivity contribution in [3.8, 4) is 0 Å². The Morgan fingerprint density at radius 3 is 2.63 bits per heavy atom. The molecule has 2 heterocycles. The zero-order valence-electron chi connectivity index (χ0n) is 11.7. The van der Waals surface area contributed by atoms with Gasteiger partial charge in [-0.05, 0) is 19.3 Å². The average Bonchev–Trinajstić information content (AvgIpc) is 3.03. The van der Waals surface area contributed by atoms with E-state index >= 15 is 0 Å². The normalized spacial score (nSPS) is 27.6. The minimum atomic E-state index is -0.182. The second-order valence-electron chi connectivity index (χ2n) is 6.00. The van der Waals surface area contributed by atoms with E-state index in [9.17, 15) is 4.79 Å². The summed E-state index contributed by atoms with van der Waals surface area (Å²) in [5, 5.41) is 3.46. The zero-order valence-corrected chi connectivity index (χ0v) is 11.7. The van der Waals surface area contributed by atoms with Crippen LogP contribution in [-0.2, 0) is 9.53 Å². The lowest BCUT2D eigenvalue weighted by Gasteiger charge is -2.27. The molecule has 108 valence electrons. The summed E-state index contributed by atoms with van der Waals surface area (Å²) in [4.78, 5) is 16.9.